The molecule has 2 saturated carbocycles. The van der Waals surface area contributed by atoms with E-state index in [1.165, 1.54) is 44.1 Å². The summed E-state index contributed by atoms with van der Waals surface area (Å²) in [7, 11) is -3.08. The fourth-order valence-corrected chi connectivity index (χ4v) is 7.50. The molecule has 0 radical (unpaired) electrons. The van der Waals surface area contributed by atoms with Crippen LogP contribution in [0.1, 0.15) is 65.7 Å². The third-order valence-electron chi connectivity index (χ3n) is 6.03. The number of hydrogen-bond acceptors (Lipinski definition) is 3. The Labute approximate surface area is 135 Å². The summed E-state index contributed by atoms with van der Waals surface area (Å²) in [6.45, 7) is 7.01. The van der Waals surface area contributed by atoms with Crippen LogP contribution in [0, 0.1) is 23.7 Å². The highest BCUT2D eigenvalue weighted by molar-refractivity contribution is 7.58. The summed E-state index contributed by atoms with van der Waals surface area (Å²) in [6.07, 6.45) is 8.67. The van der Waals surface area contributed by atoms with Crippen molar-refractivity contribution in [2.45, 2.75) is 65.7 Å². The maximum Gasteiger partial charge on any atom is 0.357 e. The average molecular weight is 326 g/mol. The van der Waals surface area contributed by atoms with E-state index in [2.05, 4.69) is 6.92 Å². The van der Waals surface area contributed by atoms with E-state index in [9.17, 15) is 4.57 Å². The quantitative estimate of drug-likeness (QED) is 0.532. The third kappa shape index (κ3) is 2.64. The third-order valence-corrected chi connectivity index (χ3v) is 8.43. The summed E-state index contributed by atoms with van der Waals surface area (Å²) in [5.74, 6) is 2.76. The molecule has 4 unspecified atom stereocenters. The summed E-state index contributed by atoms with van der Waals surface area (Å²) < 4.78 is 25.0. The van der Waals surface area contributed by atoms with Gasteiger partial charge >= 0.3 is 7.60 Å². The second-order valence-corrected chi connectivity index (χ2v) is 9.04. The van der Waals surface area contributed by atoms with E-state index >= 15 is 0 Å². The zero-order valence-corrected chi connectivity index (χ0v) is 15.2. The van der Waals surface area contributed by atoms with Crippen LogP contribution in [0.3, 0.4) is 0 Å². The molecule has 0 aromatic carbocycles. The van der Waals surface area contributed by atoms with E-state index in [-0.39, 0.29) is 0 Å². The first-order valence-corrected chi connectivity index (χ1v) is 10.8. The van der Waals surface area contributed by atoms with Crippen LogP contribution < -0.4 is 0 Å². The Hall–Kier alpha value is -0.110. The van der Waals surface area contributed by atoms with E-state index in [1.54, 1.807) is 0 Å². The number of rotatable bonds is 8. The molecule has 2 bridgehead atoms. The lowest BCUT2D eigenvalue weighted by atomic mass is 9.50. The predicted octanol–water partition coefficient (Wildman–Crippen LogP) is 5.76. The maximum absolute atomic E-state index is 13.5. The molecule has 0 aromatic rings. The highest BCUT2D eigenvalue weighted by Crippen LogP contribution is 2.71. The maximum atomic E-state index is 13.5. The number of fused-ring (bicyclic) bond motifs is 1. The molecule has 0 aliphatic heterocycles. The van der Waals surface area contributed by atoms with Crippen LogP contribution in [0.25, 0.3) is 0 Å². The van der Waals surface area contributed by atoms with Gasteiger partial charge in [0.25, 0.3) is 0 Å². The normalized spacial score (nSPS) is 33.8. The lowest BCUT2D eigenvalue weighted by Gasteiger charge is -2.57. The molecule has 4 aliphatic carbocycles. The SMILES string of the molecule is CCCCC1=C(P(=O)(OCC)OCC)C2CCC1C1CCC21. The Kier molecular flexibility index (Phi) is 5.17. The lowest BCUT2D eigenvalue weighted by Crippen LogP contribution is -2.47. The summed E-state index contributed by atoms with van der Waals surface area (Å²) in [5.41, 5.74) is 1.48. The first kappa shape index (κ1) is 16.7. The summed E-state index contributed by atoms with van der Waals surface area (Å²) in [5, 5.41) is 1.13. The Morgan fingerprint density at radius 2 is 1.55 bits per heavy atom. The molecule has 2 fully saturated rings. The van der Waals surface area contributed by atoms with Gasteiger partial charge in [0.15, 0.2) is 0 Å². The monoisotopic (exact) mass is 326 g/mol. The lowest BCUT2D eigenvalue weighted by molar-refractivity contribution is 0.0128. The van der Waals surface area contributed by atoms with Gasteiger partial charge in [0, 0.05) is 5.31 Å². The fourth-order valence-electron chi connectivity index (χ4n) is 5.11. The minimum absolute atomic E-state index is 0.466. The van der Waals surface area contributed by atoms with Gasteiger partial charge in [0.2, 0.25) is 0 Å². The summed E-state index contributed by atoms with van der Waals surface area (Å²) in [4.78, 5) is 0. The van der Waals surface area contributed by atoms with Crippen molar-refractivity contribution in [1.29, 1.82) is 0 Å². The van der Waals surface area contributed by atoms with Gasteiger partial charge in [0.05, 0.1) is 13.2 Å². The van der Waals surface area contributed by atoms with E-state index in [0.717, 1.165) is 23.6 Å². The zero-order valence-electron chi connectivity index (χ0n) is 14.3. The molecule has 4 heteroatoms. The first-order chi connectivity index (χ1) is 10.7. The predicted molar refractivity (Wildman–Crippen MR) is 89.8 cm³/mol. The van der Waals surface area contributed by atoms with Crippen molar-refractivity contribution in [3.8, 4) is 0 Å². The van der Waals surface area contributed by atoms with Crippen LogP contribution in [0.4, 0.5) is 0 Å². The van der Waals surface area contributed by atoms with E-state index < -0.39 is 7.60 Å². The van der Waals surface area contributed by atoms with Crippen LogP contribution in [0.5, 0.6) is 0 Å². The van der Waals surface area contributed by atoms with Crippen molar-refractivity contribution in [3.63, 3.8) is 0 Å². The van der Waals surface area contributed by atoms with Crippen molar-refractivity contribution >= 4 is 7.60 Å². The second kappa shape index (κ2) is 6.79. The van der Waals surface area contributed by atoms with E-state index in [4.69, 9.17) is 9.05 Å². The molecule has 0 aromatic heterocycles. The molecule has 0 N–H and O–H groups in total. The highest BCUT2D eigenvalue weighted by Gasteiger charge is 2.56. The highest BCUT2D eigenvalue weighted by atomic mass is 31.2. The number of hydrogen-bond donors (Lipinski definition) is 0. The van der Waals surface area contributed by atoms with Gasteiger partial charge in [-0.1, -0.05) is 18.9 Å². The molecule has 0 spiro atoms. The van der Waals surface area contributed by atoms with Gasteiger partial charge in [-0.3, -0.25) is 4.57 Å². The number of allylic oxidation sites excluding steroid dienone is 2. The molecule has 0 amide bonds. The van der Waals surface area contributed by atoms with Crippen molar-refractivity contribution in [1.82, 2.24) is 0 Å². The fraction of sp³-hybridized carbons (Fsp3) is 0.889. The van der Waals surface area contributed by atoms with E-state index in [1.807, 2.05) is 13.8 Å². The van der Waals surface area contributed by atoms with E-state index in [0.29, 0.717) is 25.0 Å². The number of unbranched alkanes of at least 4 members (excludes halogenated alkanes) is 1. The minimum atomic E-state index is -3.08. The molecular weight excluding hydrogens is 295 g/mol. The Morgan fingerprint density at radius 3 is 2.09 bits per heavy atom. The van der Waals surface area contributed by atoms with Crippen molar-refractivity contribution < 1.29 is 13.6 Å². The largest absolute Gasteiger partial charge is 0.357 e. The van der Waals surface area contributed by atoms with Gasteiger partial charge in [-0.05, 0) is 76.0 Å². The van der Waals surface area contributed by atoms with Crippen LogP contribution in [-0.2, 0) is 13.6 Å². The van der Waals surface area contributed by atoms with Gasteiger partial charge in [-0.2, -0.15) is 0 Å². The molecule has 4 aliphatic rings. The van der Waals surface area contributed by atoms with Gasteiger partial charge in [-0.25, -0.2) is 0 Å². The molecule has 22 heavy (non-hydrogen) atoms. The summed E-state index contributed by atoms with van der Waals surface area (Å²) >= 11 is 0. The summed E-state index contributed by atoms with van der Waals surface area (Å²) in [6, 6.07) is 0. The zero-order chi connectivity index (χ0) is 15.7. The topological polar surface area (TPSA) is 35.5 Å². The Bertz CT molecular complexity index is 475. The van der Waals surface area contributed by atoms with Crippen molar-refractivity contribution in [3.05, 3.63) is 10.9 Å². The van der Waals surface area contributed by atoms with Crippen molar-refractivity contribution in [2.75, 3.05) is 13.2 Å². The Balaban J connectivity index is 2.01. The standard InChI is InChI=1S/C18H31O3P/c1-4-7-8-16-14-11-12-17(15-10-9-13(14)15)18(16)22(19,20-5-2)21-6-3/h13-15,17H,4-12H2,1-3H3. The smallest absolute Gasteiger partial charge is 0.306 e. The first-order valence-electron chi connectivity index (χ1n) is 9.28. The van der Waals surface area contributed by atoms with Crippen LogP contribution in [-0.4, -0.2) is 13.2 Å². The minimum Gasteiger partial charge on any atom is -0.306 e. The molecule has 4 rings (SSSR count). The van der Waals surface area contributed by atoms with Crippen molar-refractivity contribution in [2.24, 2.45) is 23.7 Å². The second-order valence-electron chi connectivity index (χ2n) is 7.04. The van der Waals surface area contributed by atoms with Crippen LogP contribution in [0.2, 0.25) is 0 Å². The molecule has 3 nitrogen and oxygen atoms in total. The molecule has 0 saturated heterocycles. The van der Waals surface area contributed by atoms with Gasteiger partial charge < -0.3 is 9.05 Å². The van der Waals surface area contributed by atoms with Crippen LogP contribution in [0.15, 0.2) is 10.9 Å². The van der Waals surface area contributed by atoms with Gasteiger partial charge in [-0.15, -0.1) is 0 Å². The molecule has 4 atom stereocenters. The van der Waals surface area contributed by atoms with Gasteiger partial charge in [0.1, 0.15) is 0 Å². The molecular formula is C18H31O3P. The Morgan fingerprint density at radius 1 is 0.955 bits per heavy atom. The molecule has 0 heterocycles. The molecule has 126 valence electrons. The average Bonchev–Trinajstić information content (AvgIpc) is 2.45. The van der Waals surface area contributed by atoms with Crippen LogP contribution >= 0.6 is 7.60 Å².